The Morgan fingerprint density at radius 1 is 1.40 bits per heavy atom. The Balaban J connectivity index is 1.78. The smallest absolute Gasteiger partial charge is 0.258 e. The van der Waals surface area contributed by atoms with Gasteiger partial charge in [0.05, 0.1) is 0 Å². The minimum Gasteiger partial charge on any atom is -0.484 e. The van der Waals surface area contributed by atoms with Gasteiger partial charge in [0.15, 0.2) is 6.61 Å². The third-order valence-corrected chi connectivity index (χ3v) is 4.01. The lowest BCUT2D eigenvalue weighted by Crippen LogP contribution is -2.44. The van der Waals surface area contributed by atoms with Crippen LogP contribution in [0.4, 0.5) is 5.69 Å². The minimum atomic E-state index is -0.0566. The van der Waals surface area contributed by atoms with Gasteiger partial charge in [-0.3, -0.25) is 4.79 Å². The molecule has 3 atom stereocenters. The first-order valence-electron chi connectivity index (χ1n) is 7.32. The number of hydrogen-bond donors (Lipinski definition) is 2. The molecule has 3 unspecified atom stereocenters. The molecule has 2 rings (SSSR count). The van der Waals surface area contributed by atoms with Crippen molar-refractivity contribution in [2.45, 2.75) is 39.2 Å². The molecule has 20 heavy (non-hydrogen) atoms. The SMILES string of the molecule is CC1CCC(NC(=O)COc2cccc(N)c2)C(C)C1. The third-order valence-electron chi connectivity index (χ3n) is 4.01. The zero-order chi connectivity index (χ0) is 14.5. The predicted molar refractivity (Wildman–Crippen MR) is 80.5 cm³/mol. The number of anilines is 1. The van der Waals surface area contributed by atoms with Crippen LogP contribution in [0.3, 0.4) is 0 Å². The van der Waals surface area contributed by atoms with Gasteiger partial charge in [0.2, 0.25) is 0 Å². The maximum Gasteiger partial charge on any atom is 0.258 e. The van der Waals surface area contributed by atoms with Gasteiger partial charge in [-0.15, -0.1) is 0 Å². The van der Waals surface area contributed by atoms with Crippen molar-refractivity contribution in [1.82, 2.24) is 5.32 Å². The second-order valence-electron chi connectivity index (χ2n) is 5.93. The molecule has 1 aliphatic rings. The van der Waals surface area contributed by atoms with E-state index in [1.54, 1.807) is 18.2 Å². The lowest BCUT2D eigenvalue weighted by atomic mass is 9.80. The summed E-state index contributed by atoms with van der Waals surface area (Å²) in [5.41, 5.74) is 6.30. The molecule has 1 aliphatic carbocycles. The number of ether oxygens (including phenoxy) is 1. The number of rotatable bonds is 4. The van der Waals surface area contributed by atoms with Crippen molar-refractivity contribution >= 4 is 11.6 Å². The molecule has 0 heterocycles. The fraction of sp³-hybridized carbons (Fsp3) is 0.562. The van der Waals surface area contributed by atoms with Crippen LogP contribution in [0.1, 0.15) is 33.1 Å². The quantitative estimate of drug-likeness (QED) is 0.831. The van der Waals surface area contributed by atoms with E-state index in [-0.39, 0.29) is 18.6 Å². The highest BCUT2D eigenvalue weighted by Gasteiger charge is 2.26. The summed E-state index contributed by atoms with van der Waals surface area (Å²) >= 11 is 0. The van der Waals surface area contributed by atoms with E-state index in [2.05, 4.69) is 19.2 Å². The second kappa shape index (κ2) is 6.64. The van der Waals surface area contributed by atoms with Gasteiger partial charge in [-0.05, 0) is 43.2 Å². The summed E-state index contributed by atoms with van der Waals surface area (Å²) in [5.74, 6) is 1.88. The number of carbonyl (C=O) groups excluding carboxylic acids is 1. The van der Waals surface area contributed by atoms with Crippen LogP contribution in [0.15, 0.2) is 24.3 Å². The fourth-order valence-electron chi connectivity index (χ4n) is 2.88. The standard InChI is InChI=1S/C16H24N2O2/c1-11-6-7-15(12(2)8-11)18-16(19)10-20-14-5-3-4-13(17)9-14/h3-5,9,11-12,15H,6-8,10,17H2,1-2H3,(H,18,19). The van der Waals surface area contributed by atoms with Crippen LogP contribution in [0, 0.1) is 11.8 Å². The van der Waals surface area contributed by atoms with Crippen LogP contribution in [0.2, 0.25) is 0 Å². The average Bonchev–Trinajstić information content (AvgIpc) is 2.40. The lowest BCUT2D eigenvalue weighted by molar-refractivity contribution is -0.124. The van der Waals surface area contributed by atoms with Gasteiger partial charge in [0.1, 0.15) is 5.75 Å². The maximum atomic E-state index is 11.9. The van der Waals surface area contributed by atoms with Crippen LogP contribution < -0.4 is 15.8 Å². The van der Waals surface area contributed by atoms with Crippen LogP contribution in [0.5, 0.6) is 5.75 Å². The number of carbonyl (C=O) groups is 1. The molecule has 0 radical (unpaired) electrons. The molecule has 0 aliphatic heterocycles. The zero-order valence-corrected chi connectivity index (χ0v) is 12.3. The van der Waals surface area contributed by atoms with Gasteiger partial charge in [-0.25, -0.2) is 0 Å². The number of nitrogens with one attached hydrogen (secondary N) is 1. The summed E-state index contributed by atoms with van der Waals surface area (Å²) in [6.45, 7) is 4.53. The highest BCUT2D eigenvalue weighted by molar-refractivity contribution is 5.77. The summed E-state index contributed by atoms with van der Waals surface area (Å²) < 4.78 is 5.45. The van der Waals surface area contributed by atoms with E-state index in [4.69, 9.17) is 10.5 Å². The van der Waals surface area contributed by atoms with Crippen molar-refractivity contribution in [1.29, 1.82) is 0 Å². The van der Waals surface area contributed by atoms with Gasteiger partial charge in [0, 0.05) is 17.8 Å². The number of nitrogen functional groups attached to an aromatic ring is 1. The summed E-state index contributed by atoms with van der Waals surface area (Å²) in [6.07, 6.45) is 3.43. The van der Waals surface area contributed by atoms with Crippen molar-refractivity contribution in [2.75, 3.05) is 12.3 Å². The monoisotopic (exact) mass is 276 g/mol. The highest BCUT2D eigenvalue weighted by atomic mass is 16.5. The minimum absolute atomic E-state index is 0.0439. The van der Waals surface area contributed by atoms with Crippen molar-refractivity contribution in [3.05, 3.63) is 24.3 Å². The van der Waals surface area contributed by atoms with E-state index in [1.165, 1.54) is 12.8 Å². The van der Waals surface area contributed by atoms with E-state index >= 15 is 0 Å². The van der Waals surface area contributed by atoms with E-state index in [0.717, 1.165) is 12.3 Å². The fourth-order valence-corrected chi connectivity index (χ4v) is 2.88. The molecule has 1 saturated carbocycles. The molecular formula is C16H24N2O2. The van der Waals surface area contributed by atoms with Gasteiger partial charge in [-0.1, -0.05) is 19.9 Å². The average molecular weight is 276 g/mol. The zero-order valence-electron chi connectivity index (χ0n) is 12.3. The second-order valence-corrected chi connectivity index (χ2v) is 5.93. The first kappa shape index (κ1) is 14.7. The molecule has 3 N–H and O–H groups in total. The normalized spacial score (nSPS) is 26.0. The Morgan fingerprint density at radius 2 is 2.20 bits per heavy atom. The summed E-state index contributed by atoms with van der Waals surface area (Å²) in [6, 6.07) is 7.40. The van der Waals surface area contributed by atoms with Gasteiger partial charge < -0.3 is 15.8 Å². The Hall–Kier alpha value is -1.71. The highest BCUT2D eigenvalue weighted by Crippen LogP contribution is 2.28. The first-order valence-corrected chi connectivity index (χ1v) is 7.32. The van der Waals surface area contributed by atoms with E-state index in [0.29, 0.717) is 17.4 Å². The molecule has 0 aromatic heterocycles. The molecular weight excluding hydrogens is 252 g/mol. The Bertz CT molecular complexity index is 462. The summed E-state index contributed by atoms with van der Waals surface area (Å²) in [5, 5.41) is 3.08. The van der Waals surface area contributed by atoms with E-state index in [9.17, 15) is 4.79 Å². The molecule has 1 fully saturated rings. The molecule has 4 heteroatoms. The van der Waals surface area contributed by atoms with Crippen molar-refractivity contribution < 1.29 is 9.53 Å². The number of benzene rings is 1. The predicted octanol–water partition coefficient (Wildman–Crippen LogP) is 2.59. The number of hydrogen-bond acceptors (Lipinski definition) is 3. The van der Waals surface area contributed by atoms with Crippen molar-refractivity contribution in [3.8, 4) is 5.75 Å². The molecule has 110 valence electrons. The van der Waals surface area contributed by atoms with Gasteiger partial charge in [-0.2, -0.15) is 0 Å². The van der Waals surface area contributed by atoms with Gasteiger partial charge in [0.25, 0.3) is 5.91 Å². The molecule has 0 spiro atoms. The number of amides is 1. The van der Waals surface area contributed by atoms with Crippen molar-refractivity contribution in [3.63, 3.8) is 0 Å². The molecule has 1 aromatic carbocycles. The Labute approximate surface area is 120 Å². The topological polar surface area (TPSA) is 64.3 Å². The van der Waals surface area contributed by atoms with Crippen LogP contribution >= 0.6 is 0 Å². The van der Waals surface area contributed by atoms with E-state index in [1.807, 2.05) is 6.07 Å². The Morgan fingerprint density at radius 3 is 2.90 bits per heavy atom. The summed E-state index contributed by atoms with van der Waals surface area (Å²) in [4.78, 5) is 11.9. The van der Waals surface area contributed by atoms with E-state index < -0.39 is 0 Å². The molecule has 0 saturated heterocycles. The van der Waals surface area contributed by atoms with Crippen molar-refractivity contribution in [2.24, 2.45) is 11.8 Å². The molecule has 0 bridgehead atoms. The molecule has 4 nitrogen and oxygen atoms in total. The van der Waals surface area contributed by atoms with Crippen LogP contribution in [0.25, 0.3) is 0 Å². The third kappa shape index (κ3) is 4.15. The largest absolute Gasteiger partial charge is 0.484 e. The van der Waals surface area contributed by atoms with Crippen LogP contribution in [-0.2, 0) is 4.79 Å². The first-order chi connectivity index (χ1) is 9.54. The molecule has 1 amide bonds. The lowest BCUT2D eigenvalue weighted by Gasteiger charge is -2.33. The van der Waals surface area contributed by atoms with Gasteiger partial charge >= 0.3 is 0 Å². The molecule has 1 aromatic rings. The van der Waals surface area contributed by atoms with Crippen LogP contribution in [-0.4, -0.2) is 18.6 Å². The Kier molecular flexibility index (Phi) is 4.88. The number of nitrogens with two attached hydrogens (primary N) is 1. The summed E-state index contributed by atoms with van der Waals surface area (Å²) in [7, 11) is 0. The maximum absolute atomic E-state index is 11.9.